The van der Waals surface area contributed by atoms with Crippen LogP contribution in [0.4, 0.5) is 5.69 Å². The van der Waals surface area contributed by atoms with Gasteiger partial charge in [-0.05, 0) is 66.4 Å². The molecule has 1 unspecified atom stereocenters. The molecule has 1 atom stereocenters. The number of hydrogen-bond acceptors (Lipinski definition) is 3. The molecule has 0 aliphatic rings. The molecule has 0 fully saturated rings. The topological polar surface area (TPSA) is 58.2 Å². The van der Waals surface area contributed by atoms with Crippen LogP contribution in [0.1, 0.15) is 18.5 Å². The molecule has 2 aromatic carbocycles. The average molecular weight is 416 g/mol. The monoisotopic (exact) mass is 416 g/mol. The summed E-state index contributed by atoms with van der Waals surface area (Å²) in [6.07, 6.45) is 0. The Hall–Kier alpha value is -1.12. The predicted octanol–water partition coefficient (Wildman–Crippen LogP) is 3.37. The molecule has 2 rings (SSSR count). The fraction of sp³-hybridized carbons (Fsp3) is 0.200. The number of sulfonamides is 1. The summed E-state index contributed by atoms with van der Waals surface area (Å²) in [6, 6.07) is 15.0. The van der Waals surface area contributed by atoms with Crippen LogP contribution in [-0.2, 0) is 10.0 Å². The molecule has 2 aromatic rings. The minimum absolute atomic E-state index is 0.00945. The van der Waals surface area contributed by atoms with E-state index in [-0.39, 0.29) is 10.9 Å². The van der Waals surface area contributed by atoms with Gasteiger partial charge in [0, 0.05) is 9.61 Å². The smallest absolute Gasteiger partial charge is 0.242 e. The van der Waals surface area contributed by atoms with E-state index in [2.05, 4.69) is 32.6 Å². The minimum Gasteiger partial charge on any atom is -0.377 e. The molecule has 2 N–H and O–H groups in total. The molecule has 0 radical (unpaired) electrons. The van der Waals surface area contributed by atoms with Crippen molar-refractivity contribution in [2.24, 2.45) is 0 Å². The first-order valence-corrected chi connectivity index (χ1v) is 9.05. The van der Waals surface area contributed by atoms with Gasteiger partial charge in [0.2, 0.25) is 10.0 Å². The molecule has 0 aliphatic carbocycles. The van der Waals surface area contributed by atoms with E-state index in [1.165, 1.54) is 10.6 Å². The largest absolute Gasteiger partial charge is 0.377 e. The number of benzene rings is 2. The van der Waals surface area contributed by atoms with Crippen LogP contribution in [0.15, 0.2) is 53.4 Å². The van der Waals surface area contributed by atoms with Gasteiger partial charge >= 0.3 is 0 Å². The van der Waals surface area contributed by atoms with Gasteiger partial charge in [0.25, 0.3) is 0 Å². The van der Waals surface area contributed by atoms with Gasteiger partial charge in [-0.1, -0.05) is 24.3 Å². The lowest BCUT2D eigenvalue weighted by Crippen LogP contribution is -2.20. The van der Waals surface area contributed by atoms with Crippen LogP contribution >= 0.6 is 22.6 Å². The van der Waals surface area contributed by atoms with Crippen molar-refractivity contribution in [1.29, 1.82) is 0 Å². The third-order valence-corrected chi connectivity index (χ3v) is 5.38. The van der Waals surface area contributed by atoms with Gasteiger partial charge in [-0.2, -0.15) is 0 Å². The van der Waals surface area contributed by atoms with E-state index in [0.29, 0.717) is 5.69 Å². The van der Waals surface area contributed by atoms with Crippen molar-refractivity contribution in [1.82, 2.24) is 4.72 Å². The lowest BCUT2D eigenvalue weighted by Gasteiger charge is -2.18. The van der Waals surface area contributed by atoms with Crippen LogP contribution in [0.5, 0.6) is 0 Å². The molecule has 0 saturated carbocycles. The van der Waals surface area contributed by atoms with Crippen molar-refractivity contribution < 1.29 is 8.42 Å². The summed E-state index contributed by atoms with van der Waals surface area (Å²) in [5.74, 6) is 0. The fourth-order valence-electron chi connectivity index (χ4n) is 2.00. The third kappa shape index (κ3) is 3.96. The summed E-state index contributed by atoms with van der Waals surface area (Å²) in [6.45, 7) is 2.00. The molecule has 112 valence electrons. The second-order valence-corrected chi connectivity index (χ2v) is 7.72. The van der Waals surface area contributed by atoms with Gasteiger partial charge in [0.1, 0.15) is 4.90 Å². The SMILES string of the molecule is CNS(=O)(=O)c1ccccc1NC(C)c1ccc(I)cc1. The van der Waals surface area contributed by atoms with Crippen LogP contribution in [-0.4, -0.2) is 15.5 Å². The van der Waals surface area contributed by atoms with Crippen molar-refractivity contribution in [3.63, 3.8) is 0 Å². The Kier molecular flexibility index (Phi) is 5.23. The van der Waals surface area contributed by atoms with Gasteiger partial charge in [0.05, 0.1) is 5.69 Å². The summed E-state index contributed by atoms with van der Waals surface area (Å²) >= 11 is 2.26. The van der Waals surface area contributed by atoms with Crippen LogP contribution in [0, 0.1) is 3.57 Å². The third-order valence-electron chi connectivity index (χ3n) is 3.19. The van der Waals surface area contributed by atoms with E-state index >= 15 is 0 Å². The number of nitrogens with one attached hydrogen (secondary N) is 2. The first kappa shape index (κ1) is 16.3. The Balaban J connectivity index is 2.30. The summed E-state index contributed by atoms with van der Waals surface area (Å²) < 4.78 is 27.6. The average Bonchev–Trinajstić information content (AvgIpc) is 2.48. The minimum atomic E-state index is -3.48. The van der Waals surface area contributed by atoms with Crippen LogP contribution in [0.3, 0.4) is 0 Å². The number of anilines is 1. The van der Waals surface area contributed by atoms with E-state index in [9.17, 15) is 8.42 Å². The Morgan fingerprint density at radius 1 is 1.05 bits per heavy atom. The second kappa shape index (κ2) is 6.76. The molecule has 0 amide bonds. The number of para-hydroxylation sites is 1. The first-order chi connectivity index (χ1) is 9.94. The quantitative estimate of drug-likeness (QED) is 0.735. The van der Waals surface area contributed by atoms with Crippen molar-refractivity contribution in [3.05, 3.63) is 57.7 Å². The maximum absolute atomic E-state index is 12.0. The molecule has 0 saturated heterocycles. The van der Waals surface area contributed by atoms with Gasteiger partial charge in [-0.3, -0.25) is 0 Å². The van der Waals surface area contributed by atoms with E-state index < -0.39 is 10.0 Å². The van der Waals surface area contributed by atoms with E-state index in [0.717, 1.165) is 5.56 Å². The van der Waals surface area contributed by atoms with Crippen LogP contribution < -0.4 is 10.0 Å². The van der Waals surface area contributed by atoms with Crippen molar-refractivity contribution in [2.75, 3.05) is 12.4 Å². The van der Waals surface area contributed by atoms with Crippen molar-refractivity contribution >= 4 is 38.3 Å². The zero-order chi connectivity index (χ0) is 15.5. The highest BCUT2D eigenvalue weighted by Crippen LogP contribution is 2.25. The zero-order valence-electron chi connectivity index (χ0n) is 11.8. The van der Waals surface area contributed by atoms with Crippen LogP contribution in [0.2, 0.25) is 0 Å². The Morgan fingerprint density at radius 2 is 1.67 bits per heavy atom. The summed E-state index contributed by atoms with van der Waals surface area (Å²) in [5.41, 5.74) is 1.70. The van der Waals surface area contributed by atoms with Crippen molar-refractivity contribution in [2.45, 2.75) is 17.9 Å². The maximum Gasteiger partial charge on any atom is 0.242 e. The normalized spacial score (nSPS) is 12.9. The molecule has 0 spiro atoms. The van der Waals surface area contributed by atoms with Gasteiger partial charge in [0.15, 0.2) is 0 Å². The lowest BCUT2D eigenvalue weighted by atomic mass is 10.1. The summed E-state index contributed by atoms with van der Waals surface area (Å²) in [5, 5.41) is 3.27. The van der Waals surface area contributed by atoms with E-state index in [1.807, 2.05) is 37.3 Å². The highest BCUT2D eigenvalue weighted by Gasteiger charge is 2.17. The standard InChI is InChI=1S/C15H17IN2O2S/c1-11(12-7-9-13(16)10-8-12)18-14-5-3-4-6-15(14)21(19,20)17-2/h3-11,17-18H,1-2H3. The lowest BCUT2D eigenvalue weighted by molar-refractivity contribution is 0.588. The van der Waals surface area contributed by atoms with Crippen LogP contribution in [0.25, 0.3) is 0 Å². The number of hydrogen-bond donors (Lipinski definition) is 2. The first-order valence-electron chi connectivity index (χ1n) is 6.48. The van der Waals surface area contributed by atoms with Gasteiger partial charge in [-0.15, -0.1) is 0 Å². The molecule has 0 aromatic heterocycles. The molecule has 4 nitrogen and oxygen atoms in total. The van der Waals surface area contributed by atoms with E-state index in [1.54, 1.807) is 18.2 Å². The Bertz CT molecular complexity index is 715. The highest BCUT2D eigenvalue weighted by molar-refractivity contribution is 14.1. The molecular formula is C15H17IN2O2S. The molecule has 6 heteroatoms. The van der Waals surface area contributed by atoms with Gasteiger partial charge < -0.3 is 5.32 Å². The number of rotatable bonds is 5. The van der Waals surface area contributed by atoms with Gasteiger partial charge in [-0.25, -0.2) is 13.1 Å². The molecular weight excluding hydrogens is 399 g/mol. The molecule has 0 bridgehead atoms. The molecule has 0 aliphatic heterocycles. The number of halogens is 1. The second-order valence-electron chi connectivity index (χ2n) is 4.62. The van der Waals surface area contributed by atoms with E-state index in [4.69, 9.17) is 0 Å². The fourth-order valence-corrected chi connectivity index (χ4v) is 3.25. The molecule has 21 heavy (non-hydrogen) atoms. The maximum atomic E-state index is 12.0. The predicted molar refractivity (Wildman–Crippen MR) is 93.9 cm³/mol. The molecule has 0 heterocycles. The Labute approximate surface area is 139 Å². The Morgan fingerprint density at radius 3 is 2.29 bits per heavy atom. The highest BCUT2D eigenvalue weighted by atomic mass is 127. The zero-order valence-corrected chi connectivity index (χ0v) is 14.8. The summed E-state index contributed by atoms with van der Waals surface area (Å²) in [4.78, 5) is 0.255. The van der Waals surface area contributed by atoms with Crippen molar-refractivity contribution in [3.8, 4) is 0 Å². The summed E-state index contributed by atoms with van der Waals surface area (Å²) in [7, 11) is -2.07.